The van der Waals surface area contributed by atoms with Crippen molar-refractivity contribution in [2.75, 3.05) is 26.8 Å². The van der Waals surface area contributed by atoms with Crippen LogP contribution in [0.25, 0.3) is 0 Å². The predicted octanol–water partition coefficient (Wildman–Crippen LogP) is 1.94. The third-order valence-corrected chi connectivity index (χ3v) is 4.62. The van der Waals surface area contributed by atoms with Crippen molar-refractivity contribution in [3.05, 3.63) is 23.0 Å². The summed E-state index contributed by atoms with van der Waals surface area (Å²) in [5.41, 5.74) is 2.06. The van der Waals surface area contributed by atoms with Crippen LogP contribution in [0.2, 0.25) is 0 Å². The van der Waals surface area contributed by atoms with Crippen LogP contribution in [-0.2, 0) is 14.3 Å². The third kappa shape index (κ3) is 3.95. The van der Waals surface area contributed by atoms with Crippen molar-refractivity contribution in [3.63, 3.8) is 0 Å². The summed E-state index contributed by atoms with van der Waals surface area (Å²) >= 11 is 0. The van der Waals surface area contributed by atoms with Gasteiger partial charge >= 0.3 is 17.8 Å². The zero-order valence-electron chi connectivity index (χ0n) is 16.7. The number of Topliss-reactive ketones (excluding diaryl/α,β-unsaturated/α-hetero) is 1. The minimum absolute atomic E-state index is 0.0301. The second kappa shape index (κ2) is 8.04. The fraction of sp³-hybridized carbons (Fsp3) is 0.579. The van der Waals surface area contributed by atoms with E-state index in [9.17, 15) is 19.2 Å². The van der Waals surface area contributed by atoms with Gasteiger partial charge in [-0.25, -0.2) is 9.69 Å². The monoisotopic (exact) mass is 377 g/mol. The molecule has 8 nitrogen and oxygen atoms in total. The minimum Gasteiger partial charge on any atom is -0.383 e. The Hall–Kier alpha value is -2.48. The molecular weight excluding hydrogens is 350 g/mol. The van der Waals surface area contributed by atoms with E-state index in [1.54, 1.807) is 13.2 Å². The molecule has 0 spiro atoms. The van der Waals surface area contributed by atoms with Gasteiger partial charge in [-0.2, -0.15) is 0 Å². The number of carbonyl (C=O) groups is 4. The van der Waals surface area contributed by atoms with Crippen molar-refractivity contribution in [2.24, 2.45) is 5.92 Å². The zero-order valence-corrected chi connectivity index (χ0v) is 16.7. The van der Waals surface area contributed by atoms with E-state index in [4.69, 9.17) is 4.74 Å². The van der Waals surface area contributed by atoms with Crippen LogP contribution in [0, 0.1) is 19.8 Å². The van der Waals surface area contributed by atoms with Gasteiger partial charge in [-0.15, -0.1) is 0 Å². The number of aryl methyl sites for hydroxylation is 1. The molecule has 1 atom stereocenters. The van der Waals surface area contributed by atoms with Crippen molar-refractivity contribution in [1.82, 2.24) is 14.4 Å². The molecule has 4 amide bonds. The maximum absolute atomic E-state index is 12.8. The van der Waals surface area contributed by atoms with Crippen molar-refractivity contribution >= 4 is 23.6 Å². The van der Waals surface area contributed by atoms with E-state index in [1.165, 1.54) is 0 Å². The van der Waals surface area contributed by atoms with Crippen LogP contribution >= 0.6 is 0 Å². The molecule has 8 heteroatoms. The number of hydrogen-bond acceptors (Lipinski definition) is 5. The predicted molar refractivity (Wildman–Crippen MR) is 98.5 cm³/mol. The maximum atomic E-state index is 12.8. The minimum atomic E-state index is -0.949. The van der Waals surface area contributed by atoms with Gasteiger partial charge in [0, 0.05) is 30.6 Å². The fourth-order valence-corrected chi connectivity index (χ4v) is 3.50. The zero-order chi connectivity index (χ0) is 20.5. The first kappa shape index (κ1) is 20.8. The third-order valence-electron chi connectivity index (χ3n) is 4.62. The summed E-state index contributed by atoms with van der Waals surface area (Å²) < 4.78 is 7.17. The molecule has 0 aromatic carbocycles. The normalized spacial score (nSPS) is 16.0. The number of ether oxygens (including phenoxy) is 1. The van der Waals surface area contributed by atoms with E-state index < -0.39 is 24.4 Å². The van der Waals surface area contributed by atoms with Crippen molar-refractivity contribution in [2.45, 2.75) is 40.7 Å². The molecule has 0 aliphatic carbocycles. The molecule has 0 bridgehead atoms. The van der Waals surface area contributed by atoms with Gasteiger partial charge in [0.1, 0.15) is 0 Å². The summed E-state index contributed by atoms with van der Waals surface area (Å²) in [7, 11) is 1.61. The second-order valence-electron chi connectivity index (χ2n) is 7.37. The average Bonchev–Trinajstić information content (AvgIpc) is 2.98. The molecule has 0 radical (unpaired) electrons. The summed E-state index contributed by atoms with van der Waals surface area (Å²) in [5, 5.41) is 0. The second-order valence-corrected chi connectivity index (χ2v) is 7.37. The van der Waals surface area contributed by atoms with Crippen LogP contribution in [0.4, 0.5) is 4.79 Å². The van der Waals surface area contributed by atoms with E-state index in [0.29, 0.717) is 12.2 Å². The first-order chi connectivity index (χ1) is 12.6. The van der Waals surface area contributed by atoms with E-state index in [1.807, 2.05) is 39.2 Å². The number of ketones is 1. The highest BCUT2D eigenvalue weighted by atomic mass is 16.5. The van der Waals surface area contributed by atoms with E-state index in [-0.39, 0.29) is 24.3 Å². The van der Waals surface area contributed by atoms with Crippen LogP contribution < -0.4 is 0 Å². The van der Waals surface area contributed by atoms with E-state index in [0.717, 1.165) is 21.2 Å². The van der Waals surface area contributed by atoms with Gasteiger partial charge in [-0.05, 0) is 32.8 Å². The summed E-state index contributed by atoms with van der Waals surface area (Å²) in [5.74, 6) is -2.17. The van der Waals surface area contributed by atoms with Gasteiger partial charge in [0.05, 0.1) is 19.2 Å². The number of nitrogens with zero attached hydrogens (tertiary/aromatic N) is 3. The molecule has 1 fully saturated rings. The lowest BCUT2D eigenvalue weighted by Crippen LogP contribution is -2.38. The Kier molecular flexibility index (Phi) is 6.20. The number of urea groups is 1. The lowest BCUT2D eigenvalue weighted by Gasteiger charge is -2.18. The number of methoxy groups -OCH3 is 1. The highest BCUT2D eigenvalue weighted by molar-refractivity contribution is 6.45. The molecule has 2 rings (SSSR count). The molecular formula is C19H27N3O5. The SMILES string of the molecule is COC[C@@H](C)n1c(C)cc(C(=O)CN2C(=O)C(=O)N(CC(C)C)C2=O)c1C. The molecule has 1 aliphatic rings. The summed E-state index contributed by atoms with van der Waals surface area (Å²) in [4.78, 5) is 51.0. The first-order valence-corrected chi connectivity index (χ1v) is 8.98. The van der Waals surface area contributed by atoms with Crippen molar-refractivity contribution in [1.29, 1.82) is 0 Å². The molecule has 1 saturated heterocycles. The molecule has 27 heavy (non-hydrogen) atoms. The Bertz CT molecular complexity index is 781. The van der Waals surface area contributed by atoms with Crippen molar-refractivity contribution in [3.8, 4) is 0 Å². The Labute approximate surface area is 159 Å². The number of amides is 4. The topological polar surface area (TPSA) is 88.9 Å². The van der Waals surface area contributed by atoms with Crippen LogP contribution in [-0.4, -0.2) is 64.8 Å². The smallest absolute Gasteiger partial charge is 0.334 e. The van der Waals surface area contributed by atoms with Gasteiger partial charge in [0.2, 0.25) is 0 Å². The standard InChI is InChI=1S/C19H27N3O5/c1-11(2)8-20-17(24)18(25)21(19(20)26)9-16(23)15-7-12(3)22(14(15)5)13(4)10-27-6/h7,11,13H,8-10H2,1-6H3/t13-/m1/s1. The molecule has 148 valence electrons. The average molecular weight is 377 g/mol. The molecule has 0 N–H and O–H groups in total. The van der Waals surface area contributed by atoms with Gasteiger partial charge < -0.3 is 9.30 Å². The maximum Gasteiger partial charge on any atom is 0.334 e. The number of carbonyl (C=O) groups excluding carboxylic acids is 4. The van der Waals surface area contributed by atoms with Crippen LogP contribution in [0.1, 0.15) is 48.6 Å². The Morgan fingerprint density at radius 2 is 1.67 bits per heavy atom. The molecule has 2 heterocycles. The lowest BCUT2D eigenvalue weighted by molar-refractivity contribution is -0.143. The molecule has 0 saturated carbocycles. The summed E-state index contributed by atoms with van der Waals surface area (Å²) in [6.07, 6.45) is 0. The van der Waals surface area contributed by atoms with Gasteiger partial charge in [-0.1, -0.05) is 13.8 Å². The molecule has 1 aliphatic heterocycles. The van der Waals surface area contributed by atoms with Crippen LogP contribution in [0.15, 0.2) is 6.07 Å². The number of hydrogen-bond donors (Lipinski definition) is 0. The highest BCUT2D eigenvalue weighted by Crippen LogP contribution is 2.22. The number of imide groups is 2. The molecule has 1 aromatic heterocycles. The largest absolute Gasteiger partial charge is 0.383 e. The van der Waals surface area contributed by atoms with E-state index in [2.05, 4.69) is 0 Å². The lowest BCUT2D eigenvalue weighted by atomic mass is 10.1. The molecule has 1 aromatic rings. The fourth-order valence-electron chi connectivity index (χ4n) is 3.50. The van der Waals surface area contributed by atoms with Gasteiger partial charge in [-0.3, -0.25) is 19.3 Å². The highest BCUT2D eigenvalue weighted by Gasteiger charge is 2.45. The first-order valence-electron chi connectivity index (χ1n) is 8.98. The quantitative estimate of drug-likeness (QED) is 0.392. The summed E-state index contributed by atoms with van der Waals surface area (Å²) in [6, 6.07) is 1.05. The van der Waals surface area contributed by atoms with Crippen LogP contribution in [0.3, 0.4) is 0 Å². The Balaban J connectivity index is 2.23. The van der Waals surface area contributed by atoms with E-state index >= 15 is 0 Å². The summed E-state index contributed by atoms with van der Waals surface area (Å²) in [6.45, 7) is 9.56. The Morgan fingerprint density at radius 3 is 2.22 bits per heavy atom. The van der Waals surface area contributed by atoms with Crippen LogP contribution in [0.5, 0.6) is 0 Å². The van der Waals surface area contributed by atoms with Gasteiger partial charge in [0.15, 0.2) is 5.78 Å². The Morgan fingerprint density at radius 1 is 1.07 bits per heavy atom. The molecule has 0 unspecified atom stereocenters. The van der Waals surface area contributed by atoms with Crippen molar-refractivity contribution < 1.29 is 23.9 Å². The van der Waals surface area contributed by atoms with Gasteiger partial charge in [0.25, 0.3) is 0 Å². The number of rotatable bonds is 8. The number of aromatic nitrogens is 1.